The van der Waals surface area contributed by atoms with E-state index >= 15 is 0 Å². The van der Waals surface area contributed by atoms with E-state index in [-0.39, 0.29) is 0 Å². The van der Waals surface area contributed by atoms with Gasteiger partial charge in [0.15, 0.2) is 0 Å². The van der Waals surface area contributed by atoms with Gasteiger partial charge in [-0.25, -0.2) is 0 Å². The molecule has 1 nitrogen and oxygen atoms in total. The molecule has 1 fully saturated rings. The maximum atomic E-state index is 8.00. The van der Waals surface area contributed by atoms with E-state index in [2.05, 4.69) is 12.6 Å². The Labute approximate surface area is 62.2 Å². The number of rotatable bonds is 0. The van der Waals surface area contributed by atoms with Gasteiger partial charge in [-0.1, -0.05) is 19.3 Å². The van der Waals surface area contributed by atoms with Crippen LogP contribution >= 0.6 is 12.6 Å². The van der Waals surface area contributed by atoms with E-state index in [0.717, 1.165) is 5.25 Å². The van der Waals surface area contributed by atoms with Crippen LogP contribution in [0.1, 0.15) is 32.1 Å². The third kappa shape index (κ3) is 4.52. The van der Waals surface area contributed by atoms with E-state index < -0.39 is 0 Å². The van der Waals surface area contributed by atoms with Crippen LogP contribution in [0.2, 0.25) is 0 Å². The minimum atomic E-state index is 0.730. The molecular weight excluding hydrogens is 132 g/mol. The lowest BCUT2D eigenvalue weighted by atomic mass is 10.0. The zero-order chi connectivity index (χ0) is 7.11. The molecule has 2 heteroatoms. The Kier molecular flexibility index (Phi) is 6.16. The third-order valence-corrected chi connectivity index (χ3v) is 2.09. The first-order chi connectivity index (χ1) is 4.39. The molecule has 0 atom stereocenters. The largest absolute Gasteiger partial charge is 0.307 e. The predicted octanol–water partition coefficient (Wildman–Crippen LogP) is 2.06. The molecule has 0 amide bonds. The van der Waals surface area contributed by atoms with Crippen LogP contribution < -0.4 is 0 Å². The van der Waals surface area contributed by atoms with Gasteiger partial charge in [-0.2, -0.15) is 12.6 Å². The Balaban J connectivity index is 0.000000291. The van der Waals surface area contributed by atoms with Gasteiger partial charge in [0, 0.05) is 5.25 Å². The number of thiol groups is 1. The van der Waals surface area contributed by atoms with E-state index in [1.807, 2.05) is 6.79 Å². The molecule has 0 aromatic carbocycles. The molecule has 54 valence electrons. The minimum absolute atomic E-state index is 0.730. The summed E-state index contributed by atoms with van der Waals surface area (Å²) in [6.45, 7) is 2.00. The highest BCUT2D eigenvalue weighted by atomic mass is 32.1. The van der Waals surface area contributed by atoms with Gasteiger partial charge in [-0.15, -0.1) is 0 Å². The minimum Gasteiger partial charge on any atom is -0.307 e. The second-order valence-corrected chi connectivity index (χ2v) is 3.02. The van der Waals surface area contributed by atoms with Gasteiger partial charge in [0.25, 0.3) is 0 Å². The van der Waals surface area contributed by atoms with Crippen molar-refractivity contribution >= 4 is 19.4 Å². The van der Waals surface area contributed by atoms with Crippen molar-refractivity contribution in [3.8, 4) is 0 Å². The first-order valence-corrected chi connectivity index (χ1v) is 3.88. The van der Waals surface area contributed by atoms with Gasteiger partial charge < -0.3 is 4.79 Å². The normalized spacial score (nSPS) is 20.1. The maximum absolute atomic E-state index is 8.00. The van der Waals surface area contributed by atoms with Crippen molar-refractivity contribution in [1.82, 2.24) is 0 Å². The summed E-state index contributed by atoms with van der Waals surface area (Å²) in [5, 5.41) is 0.730. The summed E-state index contributed by atoms with van der Waals surface area (Å²) in [7, 11) is 0. The van der Waals surface area contributed by atoms with Gasteiger partial charge in [0.1, 0.15) is 6.79 Å². The van der Waals surface area contributed by atoms with Crippen molar-refractivity contribution in [2.24, 2.45) is 0 Å². The van der Waals surface area contributed by atoms with Crippen LogP contribution in [0.25, 0.3) is 0 Å². The first-order valence-electron chi connectivity index (χ1n) is 3.36. The van der Waals surface area contributed by atoms with Crippen LogP contribution in [0.5, 0.6) is 0 Å². The van der Waals surface area contributed by atoms with E-state index in [9.17, 15) is 0 Å². The monoisotopic (exact) mass is 146 g/mol. The Hall–Kier alpha value is 0.0200. The molecule has 0 aliphatic heterocycles. The molecule has 0 heterocycles. The summed E-state index contributed by atoms with van der Waals surface area (Å²) in [5.74, 6) is 0. The maximum Gasteiger partial charge on any atom is 0.106 e. The Morgan fingerprint density at radius 1 is 1.11 bits per heavy atom. The molecule has 0 bridgehead atoms. The summed E-state index contributed by atoms with van der Waals surface area (Å²) in [4.78, 5) is 8.00. The Morgan fingerprint density at radius 3 is 1.78 bits per heavy atom. The lowest BCUT2D eigenvalue weighted by molar-refractivity contribution is -0.0979. The van der Waals surface area contributed by atoms with E-state index in [1.165, 1.54) is 32.1 Å². The second kappa shape index (κ2) is 6.14. The highest BCUT2D eigenvalue weighted by Gasteiger charge is 2.06. The van der Waals surface area contributed by atoms with Crippen molar-refractivity contribution in [2.45, 2.75) is 37.4 Å². The molecule has 0 saturated heterocycles. The summed E-state index contributed by atoms with van der Waals surface area (Å²) < 4.78 is 0. The highest BCUT2D eigenvalue weighted by Crippen LogP contribution is 2.20. The van der Waals surface area contributed by atoms with E-state index in [4.69, 9.17) is 4.79 Å². The van der Waals surface area contributed by atoms with Crippen LogP contribution in [0.15, 0.2) is 0 Å². The molecule has 1 aliphatic carbocycles. The molecule has 0 spiro atoms. The van der Waals surface area contributed by atoms with Crippen molar-refractivity contribution < 1.29 is 4.79 Å². The molecule has 1 rings (SSSR count). The summed E-state index contributed by atoms with van der Waals surface area (Å²) in [6.07, 6.45) is 6.96. The zero-order valence-electron chi connectivity index (χ0n) is 5.68. The van der Waals surface area contributed by atoms with E-state index in [1.54, 1.807) is 0 Å². The predicted molar refractivity (Wildman–Crippen MR) is 43.0 cm³/mol. The van der Waals surface area contributed by atoms with Gasteiger partial charge in [0.2, 0.25) is 0 Å². The molecule has 1 aliphatic rings. The fraction of sp³-hybridized carbons (Fsp3) is 0.857. The van der Waals surface area contributed by atoms with Crippen molar-refractivity contribution in [1.29, 1.82) is 0 Å². The van der Waals surface area contributed by atoms with Crippen LogP contribution in [0.4, 0.5) is 0 Å². The quantitative estimate of drug-likeness (QED) is 0.518. The van der Waals surface area contributed by atoms with Gasteiger partial charge in [-0.05, 0) is 12.8 Å². The van der Waals surface area contributed by atoms with Crippen molar-refractivity contribution in [3.63, 3.8) is 0 Å². The molecule has 0 aromatic rings. The topological polar surface area (TPSA) is 17.1 Å². The van der Waals surface area contributed by atoms with Crippen LogP contribution in [-0.2, 0) is 4.79 Å². The molecule has 1 saturated carbocycles. The van der Waals surface area contributed by atoms with Crippen LogP contribution in [0.3, 0.4) is 0 Å². The fourth-order valence-electron chi connectivity index (χ4n) is 1.08. The number of carbonyl (C=O) groups is 1. The first kappa shape index (κ1) is 9.02. The average molecular weight is 146 g/mol. The van der Waals surface area contributed by atoms with Crippen LogP contribution in [0, 0.1) is 0 Å². The fourth-order valence-corrected chi connectivity index (χ4v) is 1.45. The number of hydrogen-bond donors (Lipinski definition) is 1. The molecular formula is C7H14OS. The van der Waals surface area contributed by atoms with Gasteiger partial charge in [0.05, 0.1) is 0 Å². The van der Waals surface area contributed by atoms with Gasteiger partial charge >= 0.3 is 0 Å². The van der Waals surface area contributed by atoms with Gasteiger partial charge in [-0.3, -0.25) is 0 Å². The molecule has 9 heavy (non-hydrogen) atoms. The van der Waals surface area contributed by atoms with E-state index in [0.29, 0.717) is 0 Å². The van der Waals surface area contributed by atoms with Crippen molar-refractivity contribution in [2.75, 3.05) is 0 Å². The highest BCUT2D eigenvalue weighted by molar-refractivity contribution is 7.80. The van der Waals surface area contributed by atoms with Crippen molar-refractivity contribution in [3.05, 3.63) is 0 Å². The third-order valence-electron chi connectivity index (χ3n) is 1.57. The summed E-state index contributed by atoms with van der Waals surface area (Å²) in [6, 6.07) is 0. The molecule has 0 N–H and O–H groups in total. The molecule has 0 radical (unpaired) electrons. The number of hydrogen-bond acceptors (Lipinski definition) is 2. The Bertz CT molecular complexity index is 59.9. The summed E-state index contributed by atoms with van der Waals surface area (Å²) >= 11 is 4.36. The molecule has 0 aromatic heterocycles. The Morgan fingerprint density at radius 2 is 1.56 bits per heavy atom. The molecule has 0 unspecified atom stereocenters. The SMILES string of the molecule is C=O.SC1CCCCC1. The number of carbonyl (C=O) groups excluding carboxylic acids is 1. The summed E-state index contributed by atoms with van der Waals surface area (Å²) in [5.41, 5.74) is 0. The standard InChI is InChI=1S/C6H12S.CH2O/c7-6-4-2-1-3-5-6;1-2/h6-7H,1-5H2;1H2. The lowest BCUT2D eigenvalue weighted by Gasteiger charge is -2.14. The lowest BCUT2D eigenvalue weighted by Crippen LogP contribution is -2.03. The zero-order valence-corrected chi connectivity index (χ0v) is 6.57. The van der Waals surface area contributed by atoms with Crippen LogP contribution in [-0.4, -0.2) is 12.0 Å². The average Bonchev–Trinajstić information content (AvgIpc) is 1.94. The second-order valence-electron chi connectivity index (χ2n) is 2.29. The smallest absolute Gasteiger partial charge is 0.106 e.